The number of carbonyl (C=O) groups is 1. The summed E-state index contributed by atoms with van der Waals surface area (Å²) in [5.74, 6) is 0.0328. The predicted molar refractivity (Wildman–Crippen MR) is 93.3 cm³/mol. The summed E-state index contributed by atoms with van der Waals surface area (Å²) in [4.78, 5) is 20.6. The van der Waals surface area contributed by atoms with Crippen molar-refractivity contribution in [3.63, 3.8) is 0 Å². The van der Waals surface area contributed by atoms with Crippen LogP contribution < -0.4 is 11.1 Å². The predicted octanol–water partition coefficient (Wildman–Crippen LogP) is 2.25. The van der Waals surface area contributed by atoms with Crippen molar-refractivity contribution >= 4 is 11.9 Å². The maximum absolute atomic E-state index is 13.4. The molecule has 3 aromatic rings. The highest BCUT2D eigenvalue weighted by molar-refractivity contribution is 5.95. The third-order valence-corrected chi connectivity index (χ3v) is 4.24. The zero-order valence-corrected chi connectivity index (χ0v) is 13.8. The number of allylic oxidation sites excluding steroid dienone is 1. The zero-order chi connectivity index (χ0) is 18.3. The van der Waals surface area contributed by atoms with Gasteiger partial charge in [0.25, 0.3) is 0 Å². The molecule has 8 heteroatoms. The first-order valence-corrected chi connectivity index (χ1v) is 7.94. The lowest BCUT2D eigenvalue weighted by atomic mass is 9.95. The van der Waals surface area contributed by atoms with Gasteiger partial charge in [-0.05, 0) is 36.8 Å². The van der Waals surface area contributed by atoms with Crippen LogP contribution in [0.25, 0.3) is 11.4 Å². The molecule has 2 aromatic heterocycles. The lowest BCUT2D eigenvalue weighted by molar-refractivity contribution is -0.115. The minimum absolute atomic E-state index is 0.357. The third-order valence-electron chi connectivity index (χ3n) is 4.24. The Morgan fingerprint density at radius 1 is 1.19 bits per heavy atom. The molecule has 26 heavy (non-hydrogen) atoms. The summed E-state index contributed by atoms with van der Waals surface area (Å²) in [5.41, 5.74) is 8.04. The van der Waals surface area contributed by atoms with Gasteiger partial charge in [-0.25, -0.2) is 9.07 Å². The number of pyridine rings is 1. The van der Waals surface area contributed by atoms with Gasteiger partial charge in [-0.3, -0.25) is 9.78 Å². The third kappa shape index (κ3) is 2.61. The van der Waals surface area contributed by atoms with E-state index < -0.39 is 11.9 Å². The highest BCUT2D eigenvalue weighted by Gasteiger charge is 2.33. The highest BCUT2D eigenvalue weighted by Crippen LogP contribution is 2.35. The van der Waals surface area contributed by atoms with Gasteiger partial charge in [0.1, 0.15) is 11.9 Å². The number of carbonyl (C=O) groups excluding carboxylic acids is 1. The van der Waals surface area contributed by atoms with E-state index in [1.54, 1.807) is 48.3 Å². The van der Waals surface area contributed by atoms with E-state index in [2.05, 4.69) is 20.4 Å². The van der Waals surface area contributed by atoms with Gasteiger partial charge in [0.2, 0.25) is 11.9 Å². The molecule has 1 aliphatic rings. The van der Waals surface area contributed by atoms with Gasteiger partial charge < -0.3 is 11.1 Å². The molecular formula is C18H15FN6O. The van der Waals surface area contributed by atoms with Gasteiger partial charge >= 0.3 is 0 Å². The molecule has 0 spiro atoms. The molecule has 1 amide bonds. The second kappa shape index (κ2) is 6.07. The summed E-state index contributed by atoms with van der Waals surface area (Å²) in [5, 5.41) is 7.62. The lowest BCUT2D eigenvalue weighted by Gasteiger charge is -2.27. The molecule has 0 bridgehead atoms. The Morgan fingerprint density at radius 3 is 2.54 bits per heavy atom. The molecule has 0 fully saturated rings. The van der Waals surface area contributed by atoms with Crippen molar-refractivity contribution in [2.45, 2.75) is 13.0 Å². The number of hydrogen-bond donors (Lipinski definition) is 2. The van der Waals surface area contributed by atoms with Crippen LogP contribution in [-0.2, 0) is 4.79 Å². The van der Waals surface area contributed by atoms with E-state index in [0.29, 0.717) is 28.6 Å². The largest absolute Gasteiger partial charge is 0.366 e. The molecule has 0 saturated heterocycles. The van der Waals surface area contributed by atoms with Crippen molar-refractivity contribution in [2.75, 3.05) is 5.32 Å². The highest BCUT2D eigenvalue weighted by atomic mass is 19.1. The van der Waals surface area contributed by atoms with Crippen LogP contribution >= 0.6 is 0 Å². The Morgan fingerprint density at radius 2 is 1.88 bits per heavy atom. The molecule has 1 aromatic carbocycles. The molecule has 3 heterocycles. The van der Waals surface area contributed by atoms with Crippen LogP contribution in [0, 0.1) is 5.82 Å². The topological polar surface area (TPSA) is 98.7 Å². The van der Waals surface area contributed by atoms with Gasteiger partial charge in [-0.2, -0.15) is 4.98 Å². The summed E-state index contributed by atoms with van der Waals surface area (Å²) < 4.78 is 14.9. The number of halogens is 1. The molecule has 0 radical (unpaired) electrons. The molecule has 7 nitrogen and oxygen atoms in total. The van der Waals surface area contributed by atoms with Crippen molar-refractivity contribution in [1.82, 2.24) is 19.7 Å². The van der Waals surface area contributed by atoms with E-state index in [4.69, 9.17) is 5.73 Å². The minimum Gasteiger partial charge on any atom is -0.366 e. The van der Waals surface area contributed by atoms with Crippen LogP contribution in [0.4, 0.5) is 10.3 Å². The van der Waals surface area contributed by atoms with E-state index in [1.807, 2.05) is 0 Å². The average molecular weight is 350 g/mol. The number of nitrogens with zero attached hydrogens (tertiary/aromatic N) is 4. The summed E-state index contributed by atoms with van der Waals surface area (Å²) in [6.45, 7) is 1.75. The number of fused-ring (bicyclic) bond motifs is 1. The summed E-state index contributed by atoms with van der Waals surface area (Å²) in [7, 11) is 0. The number of amides is 1. The Labute approximate surface area is 148 Å². The molecule has 1 unspecified atom stereocenters. The number of benzene rings is 1. The summed E-state index contributed by atoms with van der Waals surface area (Å²) >= 11 is 0. The number of nitrogens with one attached hydrogen (secondary N) is 1. The van der Waals surface area contributed by atoms with Gasteiger partial charge in [-0.15, -0.1) is 5.10 Å². The van der Waals surface area contributed by atoms with Crippen LogP contribution in [0.3, 0.4) is 0 Å². The van der Waals surface area contributed by atoms with Crippen molar-refractivity contribution in [3.8, 4) is 11.4 Å². The van der Waals surface area contributed by atoms with E-state index in [9.17, 15) is 9.18 Å². The van der Waals surface area contributed by atoms with Crippen LogP contribution in [0.2, 0.25) is 0 Å². The van der Waals surface area contributed by atoms with Crippen LogP contribution in [0.5, 0.6) is 0 Å². The van der Waals surface area contributed by atoms with Crippen molar-refractivity contribution in [3.05, 3.63) is 71.4 Å². The number of aromatic nitrogens is 4. The van der Waals surface area contributed by atoms with Crippen molar-refractivity contribution < 1.29 is 9.18 Å². The van der Waals surface area contributed by atoms with E-state index >= 15 is 0 Å². The first-order valence-electron chi connectivity index (χ1n) is 7.94. The summed E-state index contributed by atoms with van der Waals surface area (Å²) in [6, 6.07) is 8.90. The van der Waals surface area contributed by atoms with Gasteiger partial charge in [0, 0.05) is 23.7 Å². The Balaban J connectivity index is 1.88. The monoisotopic (exact) mass is 350 g/mol. The first-order chi connectivity index (χ1) is 12.5. The van der Waals surface area contributed by atoms with Crippen molar-refractivity contribution in [1.29, 1.82) is 0 Å². The van der Waals surface area contributed by atoms with Crippen molar-refractivity contribution in [2.24, 2.45) is 5.73 Å². The van der Waals surface area contributed by atoms with Gasteiger partial charge in [-0.1, -0.05) is 12.1 Å². The minimum atomic E-state index is -0.590. The second-order valence-corrected chi connectivity index (χ2v) is 5.92. The number of primary amides is 1. The molecule has 3 N–H and O–H groups in total. The molecule has 4 rings (SSSR count). The van der Waals surface area contributed by atoms with Crippen LogP contribution in [0.15, 0.2) is 60.1 Å². The fourth-order valence-electron chi connectivity index (χ4n) is 3.05. The molecule has 1 atom stereocenters. The van der Waals surface area contributed by atoms with E-state index in [-0.39, 0.29) is 5.82 Å². The number of rotatable bonds is 3. The van der Waals surface area contributed by atoms with E-state index in [0.717, 1.165) is 5.56 Å². The fourth-order valence-corrected chi connectivity index (χ4v) is 3.05. The lowest BCUT2D eigenvalue weighted by Crippen LogP contribution is -2.31. The fraction of sp³-hybridized carbons (Fsp3) is 0.111. The number of nitrogens with two attached hydrogens (primary N) is 1. The molecule has 130 valence electrons. The van der Waals surface area contributed by atoms with Crippen LogP contribution in [-0.4, -0.2) is 25.7 Å². The summed E-state index contributed by atoms with van der Waals surface area (Å²) in [6.07, 6.45) is 3.30. The average Bonchev–Trinajstić information content (AvgIpc) is 3.05. The Kier molecular flexibility index (Phi) is 3.72. The normalized spacial score (nSPS) is 16.2. The van der Waals surface area contributed by atoms with E-state index in [1.165, 1.54) is 12.1 Å². The molecule has 0 saturated carbocycles. The SMILES string of the molecule is CC1=C(C(N)=O)C(c2ccc(F)cc2)n2nc(-c3ccncc3)nc2N1. The second-order valence-electron chi connectivity index (χ2n) is 5.92. The Hall–Kier alpha value is -3.55. The molecule has 0 aliphatic carbocycles. The molecule has 1 aliphatic heterocycles. The zero-order valence-electron chi connectivity index (χ0n) is 13.8. The maximum atomic E-state index is 13.4. The van der Waals surface area contributed by atoms with Crippen LogP contribution in [0.1, 0.15) is 18.5 Å². The smallest absolute Gasteiger partial charge is 0.248 e. The number of anilines is 1. The quantitative estimate of drug-likeness (QED) is 0.755. The van der Waals surface area contributed by atoms with Gasteiger partial charge in [0.05, 0.1) is 5.57 Å². The molecular weight excluding hydrogens is 335 g/mol. The first kappa shape index (κ1) is 15.9. The van der Waals surface area contributed by atoms with Gasteiger partial charge in [0.15, 0.2) is 5.82 Å². The number of hydrogen-bond acceptors (Lipinski definition) is 5. The maximum Gasteiger partial charge on any atom is 0.248 e. The Bertz CT molecular complexity index is 1010. The standard InChI is InChI=1S/C18H15FN6O/c1-10-14(16(20)26)15(11-2-4-13(19)5-3-11)25-18(22-10)23-17(24-25)12-6-8-21-9-7-12/h2-9,15H,1H3,(H2,20,26)(H,22,23,24).